The van der Waals surface area contributed by atoms with E-state index in [0.29, 0.717) is 10.9 Å². The van der Waals surface area contributed by atoms with Gasteiger partial charge in [-0.05, 0) is 30.8 Å². The number of thiocarbonyl (C=S) groups is 1. The molecule has 1 rings (SSSR count). The molecule has 30 heavy (non-hydrogen) atoms. The lowest BCUT2D eigenvalue weighted by Crippen LogP contribution is -2.41. The minimum atomic E-state index is -0.239. The summed E-state index contributed by atoms with van der Waals surface area (Å²) >= 11 is 5.16. The Balaban J connectivity index is 1.83. The van der Waals surface area contributed by atoms with E-state index in [0.717, 1.165) is 13.0 Å². The lowest BCUT2D eigenvalue weighted by Gasteiger charge is -2.10. The Morgan fingerprint density at radius 2 is 1.30 bits per heavy atom. The number of hydrogen-bond donors (Lipinski definition) is 2. The summed E-state index contributed by atoms with van der Waals surface area (Å²) in [5, 5.41) is 6.14. The van der Waals surface area contributed by atoms with Crippen LogP contribution in [0.15, 0.2) is 30.3 Å². The van der Waals surface area contributed by atoms with Crippen LogP contribution < -0.4 is 15.4 Å². The lowest BCUT2D eigenvalue weighted by atomic mass is 10.0. The number of benzene rings is 1. The van der Waals surface area contributed by atoms with Crippen molar-refractivity contribution in [3.8, 4) is 5.75 Å². The van der Waals surface area contributed by atoms with Crippen molar-refractivity contribution in [2.75, 3.05) is 13.2 Å². The molecule has 0 fully saturated rings. The normalized spacial score (nSPS) is 10.6. The average molecular weight is 435 g/mol. The number of carbonyl (C=O) groups is 1. The van der Waals surface area contributed by atoms with Crippen LogP contribution in [-0.2, 0) is 4.79 Å². The van der Waals surface area contributed by atoms with Gasteiger partial charge in [0, 0.05) is 6.54 Å². The number of para-hydroxylation sites is 1. The predicted molar refractivity (Wildman–Crippen MR) is 131 cm³/mol. The quantitative estimate of drug-likeness (QED) is 0.203. The maximum atomic E-state index is 11.8. The number of unbranched alkanes of at least 4 members (excludes halogenated alkanes) is 13. The molecule has 1 amide bonds. The first-order valence-electron chi connectivity index (χ1n) is 12.0. The molecule has 0 saturated carbocycles. The topological polar surface area (TPSA) is 50.4 Å². The molecular weight excluding hydrogens is 392 g/mol. The highest BCUT2D eigenvalue weighted by atomic mass is 32.1. The standard InChI is InChI=1S/C25H42N2O2S/c1-2-3-4-5-6-7-8-9-10-11-12-13-14-18-21-26-25(30)27-24(28)22-29-23-19-16-15-17-20-23/h15-17,19-20H,2-14,18,21-22H2,1H3,(H2,26,27,28,30). The van der Waals surface area contributed by atoms with Crippen LogP contribution in [0.5, 0.6) is 5.75 Å². The molecule has 0 aliphatic carbocycles. The van der Waals surface area contributed by atoms with Crippen LogP contribution in [0.3, 0.4) is 0 Å². The van der Waals surface area contributed by atoms with E-state index < -0.39 is 0 Å². The molecule has 0 atom stereocenters. The molecule has 2 N–H and O–H groups in total. The van der Waals surface area contributed by atoms with Crippen LogP contribution >= 0.6 is 12.2 Å². The van der Waals surface area contributed by atoms with Gasteiger partial charge in [-0.1, -0.05) is 109 Å². The molecule has 1 aromatic carbocycles. The van der Waals surface area contributed by atoms with Crippen LogP contribution in [0.4, 0.5) is 0 Å². The minimum absolute atomic E-state index is 0.0370. The van der Waals surface area contributed by atoms with Gasteiger partial charge in [0.05, 0.1) is 0 Å². The van der Waals surface area contributed by atoms with Crippen molar-refractivity contribution in [1.82, 2.24) is 10.6 Å². The Bertz CT molecular complexity index is 551. The van der Waals surface area contributed by atoms with Crippen LogP contribution in [-0.4, -0.2) is 24.2 Å². The Kier molecular flexibility index (Phi) is 17.0. The van der Waals surface area contributed by atoms with Gasteiger partial charge in [-0.3, -0.25) is 4.79 Å². The van der Waals surface area contributed by atoms with E-state index in [9.17, 15) is 4.79 Å². The molecule has 0 aliphatic heterocycles. The van der Waals surface area contributed by atoms with Gasteiger partial charge >= 0.3 is 0 Å². The molecule has 0 saturated heterocycles. The van der Waals surface area contributed by atoms with Crippen molar-refractivity contribution < 1.29 is 9.53 Å². The highest BCUT2D eigenvalue weighted by Gasteiger charge is 2.05. The Labute approximate surface area is 189 Å². The highest BCUT2D eigenvalue weighted by Crippen LogP contribution is 2.12. The molecule has 0 bridgehead atoms. The van der Waals surface area contributed by atoms with Gasteiger partial charge in [0.2, 0.25) is 0 Å². The zero-order chi connectivity index (χ0) is 21.7. The summed E-state index contributed by atoms with van der Waals surface area (Å²) in [5.74, 6) is 0.436. The zero-order valence-corrected chi connectivity index (χ0v) is 19.7. The van der Waals surface area contributed by atoms with Crippen molar-refractivity contribution in [3.05, 3.63) is 30.3 Å². The summed E-state index contributed by atoms with van der Waals surface area (Å²) in [7, 11) is 0. The summed E-state index contributed by atoms with van der Waals surface area (Å²) in [6.07, 6.45) is 18.9. The summed E-state index contributed by atoms with van der Waals surface area (Å²) < 4.78 is 5.40. The van der Waals surface area contributed by atoms with E-state index in [1.807, 2.05) is 30.3 Å². The monoisotopic (exact) mass is 434 g/mol. The fraction of sp³-hybridized carbons (Fsp3) is 0.680. The summed E-state index contributed by atoms with van der Waals surface area (Å²) in [5.41, 5.74) is 0. The molecule has 0 unspecified atom stereocenters. The van der Waals surface area contributed by atoms with Crippen LogP contribution in [0.1, 0.15) is 96.8 Å². The third kappa shape index (κ3) is 16.2. The fourth-order valence-electron chi connectivity index (χ4n) is 3.39. The molecule has 5 heteroatoms. The molecule has 0 radical (unpaired) electrons. The van der Waals surface area contributed by atoms with Gasteiger partial charge in [0.1, 0.15) is 5.75 Å². The zero-order valence-electron chi connectivity index (χ0n) is 18.9. The van der Waals surface area contributed by atoms with Crippen molar-refractivity contribution in [3.63, 3.8) is 0 Å². The Morgan fingerprint density at radius 1 is 0.800 bits per heavy atom. The third-order valence-electron chi connectivity index (χ3n) is 5.18. The minimum Gasteiger partial charge on any atom is -0.484 e. The van der Waals surface area contributed by atoms with E-state index >= 15 is 0 Å². The van der Waals surface area contributed by atoms with Crippen molar-refractivity contribution in [1.29, 1.82) is 0 Å². The second-order valence-electron chi connectivity index (χ2n) is 8.00. The van der Waals surface area contributed by atoms with Gasteiger partial charge in [0.25, 0.3) is 5.91 Å². The number of rotatable bonds is 18. The first kappa shape index (κ1) is 26.4. The summed E-state index contributed by atoms with van der Waals surface area (Å²) in [4.78, 5) is 11.8. The largest absolute Gasteiger partial charge is 0.484 e. The second kappa shape index (κ2) is 19.3. The van der Waals surface area contributed by atoms with Crippen LogP contribution in [0, 0.1) is 0 Å². The lowest BCUT2D eigenvalue weighted by molar-refractivity contribution is -0.121. The third-order valence-corrected chi connectivity index (χ3v) is 5.43. The van der Waals surface area contributed by atoms with Crippen molar-refractivity contribution >= 4 is 23.2 Å². The number of amides is 1. The Hall–Kier alpha value is -1.62. The molecule has 0 aromatic heterocycles. The van der Waals surface area contributed by atoms with Gasteiger partial charge in [0.15, 0.2) is 11.7 Å². The smallest absolute Gasteiger partial charge is 0.264 e. The molecule has 0 spiro atoms. The van der Waals surface area contributed by atoms with Gasteiger partial charge < -0.3 is 15.4 Å². The SMILES string of the molecule is CCCCCCCCCCCCCCCCNC(=S)NC(=O)COc1ccccc1. The van der Waals surface area contributed by atoms with Crippen molar-refractivity contribution in [2.45, 2.75) is 96.8 Å². The van der Waals surface area contributed by atoms with Gasteiger partial charge in [-0.25, -0.2) is 0 Å². The molecule has 0 heterocycles. The predicted octanol–water partition coefficient (Wildman–Crippen LogP) is 6.54. The molecule has 170 valence electrons. The fourth-order valence-corrected chi connectivity index (χ4v) is 3.61. The molecule has 0 aliphatic rings. The number of ether oxygens (including phenoxy) is 1. The van der Waals surface area contributed by atoms with E-state index in [4.69, 9.17) is 17.0 Å². The summed E-state index contributed by atoms with van der Waals surface area (Å²) in [6.45, 7) is 3.04. The van der Waals surface area contributed by atoms with E-state index in [2.05, 4.69) is 17.6 Å². The first-order valence-corrected chi connectivity index (χ1v) is 12.4. The van der Waals surface area contributed by atoms with E-state index in [-0.39, 0.29) is 12.5 Å². The summed E-state index contributed by atoms with van der Waals surface area (Å²) in [6, 6.07) is 9.29. The first-order chi connectivity index (χ1) is 14.7. The van der Waals surface area contributed by atoms with E-state index in [1.165, 1.54) is 83.5 Å². The van der Waals surface area contributed by atoms with Gasteiger partial charge in [-0.2, -0.15) is 0 Å². The molecule has 1 aromatic rings. The molecule has 4 nitrogen and oxygen atoms in total. The number of hydrogen-bond acceptors (Lipinski definition) is 3. The highest BCUT2D eigenvalue weighted by molar-refractivity contribution is 7.80. The average Bonchev–Trinajstić information content (AvgIpc) is 2.75. The van der Waals surface area contributed by atoms with Crippen LogP contribution in [0.25, 0.3) is 0 Å². The van der Waals surface area contributed by atoms with Gasteiger partial charge in [-0.15, -0.1) is 0 Å². The van der Waals surface area contributed by atoms with E-state index in [1.54, 1.807) is 0 Å². The Morgan fingerprint density at radius 3 is 1.83 bits per heavy atom. The second-order valence-corrected chi connectivity index (χ2v) is 8.41. The van der Waals surface area contributed by atoms with Crippen LogP contribution in [0.2, 0.25) is 0 Å². The molecular formula is C25H42N2O2S. The number of carbonyl (C=O) groups excluding carboxylic acids is 1. The maximum absolute atomic E-state index is 11.8. The number of nitrogens with one attached hydrogen (secondary N) is 2. The maximum Gasteiger partial charge on any atom is 0.264 e. The van der Waals surface area contributed by atoms with Crippen molar-refractivity contribution in [2.24, 2.45) is 0 Å².